The van der Waals surface area contributed by atoms with Gasteiger partial charge in [-0.1, -0.05) is 13.2 Å². The molecule has 0 unspecified atom stereocenters. The number of carbonyl (C=O) groups excluding carboxylic acids is 2. The predicted octanol–water partition coefficient (Wildman–Crippen LogP) is 3.32. The van der Waals surface area contributed by atoms with Gasteiger partial charge in [0.1, 0.15) is 11.5 Å². The second kappa shape index (κ2) is 4.70. The summed E-state index contributed by atoms with van der Waals surface area (Å²) in [7, 11) is 0. The molecule has 4 nitrogen and oxygen atoms in total. The highest BCUT2D eigenvalue weighted by Crippen LogP contribution is 2.34. The molecule has 2 amide bonds. The summed E-state index contributed by atoms with van der Waals surface area (Å²) in [5.74, 6) is 0.891. The number of amides is 2. The number of furan rings is 1. The van der Waals surface area contributed by atoms with Crippen molar-refractivity contribution in [1.29, 1.82) is 0 Å². The third-order valence-corrected chi connectivity index (χ3v) is 3.22. The molecule has 2 rings (SSSR count). The average Bonchev–Trinajstić information content (AvgIpc) is 2.84. The molecule has 0 saturated carbocycles. The van der Waals surface area contributed by atoms with E-state index in [4.69, 9.17) is 4.42 Å². The van der Waals surface area contributed by atoms with Gasteiger partial charge < -0.3 is 4.42 Å². The van der Waals surface area contributed by atoms with Crippen molar-refractivity contribution < 1.29 is 14.0 Å². The molecule has 1 aromatic rings. The monoisotopic (exact) mass is 261 g/mol. The second-order valence-corrected chi connectivity index (χ2v) is 4.65. The van der Waals surface area contributed by atoms with Crippen molar-refractivity contribution in [3.8, 4) is 0 Å². The summed E-state index contributed by atoms with van der Waals surface area (Å²) < 4.78 is 5.34. The Bertz CT molecular complexity index is 583. The van der Waals surface area contributed by atoms with E-state index in [2.05, 4.69) is 13.2 Å². The fraction of sp³-hybridized carbons (Fsp3) is 0.0769. The fourth-order valence-corrected chi connectivity index (χ4v) is 2.30. The first-order valence-electron chi connectivity index (χ1n) is 5.18. The Labute approximate surface area is 109 Å². The van der Waals surface area contributed by atoms with Gasteiger partial charge in [-0.25, -0.2) is 4.90 Å². The summed E-state index contributed by atoms with van der Waals surface area (Å²) in [6.45, 7) is 8.91. The molecule has 0 bridgehead atoms. The van der Waals surface area contributed by atoms with Gasteiger partial charge in [0, 0.05) is 11.8 Å². The first kappa shape index (κ1) is 12.4. The molecule has 0 spiro atoms. The van der Waals surface area contributed by atoms with Crippen LogP contribution in [0.4, 0.5) is 4.79 Å². The van der Waals surface area contributed by atoms with Gasteiger partial charge in [-0.15, -0.1) is 0 Å². The molecule has 0 radical (unpaired) electrons. The van der Waals surface area contributed by atoms with Crippen molar-refractivity contribution >= 4 is 29.0 Å². The van der Waals surface area contributed by atoms with Crippen LogP contribution < -0.4 is 0 Å². The van der Waals surface area contributed by atoms with E-state index < -0.39 is 5.91 Å². The zero-order valence-electron chi connectivity index (χ0n) is 9.80. The van der Waals surface area contributed by atoms with Gasteiger partial charge in [0.2, 0.25) is 0 Å². The van der Waals surface area contributed by atoms with E-state index in [1.807, 2.05) is 6.92 Å². The van der Waals surface area contributed by atoms with Crippen LogP contribution >= 0.6 is 11.8 Å². The average molecular weight is 261 g/mol. The smallest absolute Gasteiger partial charge is 0.298 e. The predicted molar refractivity (Wildman–Crippen MR) is 70.6 cm³/mol. The number of hydrogen-bond donors (Lipinski definition) is 0. The van der Waals surface area contributed by atoms with Crippen molar-refractivity contribution in [3.63, 3.8) is 0 Å². The lowest BCUT2D eigenvalue weighted by Crippen LogP contribution is -2.25. The fourth-order valence-electron chi connectivity index (χ4n) is 1.47. The third-order valence-electron chi connectivity index (χ3n) is 2.35. The topological polar surface area (TPSA) is 50.5 Å². The number of rotatable bonds is 3. The van der Waals surface area contributed by atoms with Gasteiger partial charge in [-0.3, -0.25) is 9.59 Å². The highest BCUT2D eigenvalue weighted by molar-refractivity contribution is 8.18. The van der Waals surface area contributed by atoms with E-state index >= 15 is 0 Å². The summed E-state index contributed by atoms with van der Waals surface area (Å²) >= 11 is 0.860. The Hall–Kier alpha value is -2.01. The molecular formula is C13H11NO3S. The Morgan fingerprint density at radius 1 is 1.44 bits per heavy atom. The van der Waals surface area contributed by atoms with Crippen LogP contribution in [0.1, 0.15) is 11.5 Å². The van der Waals surface area contributed by atoms with Crippen molar-refractivity contribution in [2.24, 2.45) is 0 Å². The van der Waals surface area contributed by atoms with Crippen LogP contribution in [0, 0.1) is 6.92 Å². The second-order valence-electron chi connectivity index (χ2n) is 3.66. The maximum Gasteiger partial charge on any atom is 0.298 e. The first-order chi connectivity index (χ1) is 8.52. The molecule has 0 N–H and O–H groups in total. The number of imide groups is 1. The van der Waals surface area contributed by atoms with Gasteiger partial charge in [0.05, 0.1) is 4.91 Å². The van der Waals surface area contributed by atoms with E-state index in [9.17, 15) is 9.59 Å². The molecule has 1 aromatic heterocycles. The normalized spacial score (nSPS) is 17.6. The van der Waals surface area contributed by atoms with Crippen LogP contribution in [0.15, 0.2) is 46.4 Å². The van der Waals surface area contributed by atoms with Crippen LogP contribution in [0.3, 0.4) is 0 Å². The van der Waals surface area contributed by atoms with Gasteiger partial charge >= 0.3 is 0 Å². The lowest BCUT2D eigenvalue weighted by atomic mass is 10.3. The number of carbonyl (C=O) groups is 2. The highest BCUT2D eigenvalue weighted by atomic mass is 32.2. The van der Waals surface area contributed by atoms with Crippen LogP contribution in [0.2, 0.25) is 0 Å². The van der Waals surface area contributed by atoms with Gasteiger partial charge in [0.15, 0.2) is 0 Å². The molecule has 18 heavy (non-hydrogen) atoms. The minimum Gasteiger partial charge on any atom is -0.462 e. The van der Waals surface area contributed by atoms with E-state index in [-0.39, 0.29) is 10.9 Å². The largest absolute Gasteiger partial charge is 0.462 e. The summed E-state index contributed by atoms with van der Waals surface area (Å²) in [4.78, 5) is 25.0. The van der Waals surface area contributed by atoms with E-state index in [0.29, 0.717) is 10.7 Å². The Kier molecular flexibility index (Phi) is 3.25. The Morgan fingerprint density at radius 3 is 2.72 bits per heavy atom. The standard InChI is InChI=1S/C13H11NO3S/c1-4-8(2)14-12(15)11(18-13(14)16)7-10-6-5-9(3)17-10/h4-7H,1-2H2,3H3/b11-7-. The SMILES string of the molecule is C=CC(=C)N1C(=O)S/C(=C\c2ccc(C)o2)C1=O. The minimum atomic E-state index is -0.399. The van der Waals surface area contributed by atoms with E-state index in [1.165, 1.54) is 6.08 Å². The van der Waals surface area contributed by atoms with Crippen LogP contribution in [-0.2, 0) is 4.79 Å². The van der Waals surface area contributed by atoms with Crippen LogP contribution in [0.5, 0.6) is 0 Å². The maximum absolute atomic E-state index is 12.0. The van der Waals surface area contributed by atoms with Gasteiger partial charge in [-0.2, -0.15) is 0 Å². The molecule has 5 heteroatoms. The van der Waals surface area contributed by atoms with E-state index in [1.54, 1.807) is 18.2 Å². The summed E-state index contributed by atoms with van der Waals surface area (Å²) in [6, 6.07) is 3.53. The number of nitrogens with zero attached hydrogens (tertiary/aromatic N) is 1. The third kappa shape index (κ3) is 2.17. The molecule has 1 fully saturated rings. The minimum absolute atomic E-state index is 0.275. The van der Waals surface area contributed by atoms with E-state index in [0.717, 1.165) is 22.4 Å². The number of thioether (sulfide) groups is 1. The van der Waals surface area contributed by atoms with Crippen molar-refractivity contribution in [2.45, 2.75) is 6.92 Å². The van der Waals surface area contributed by atoms with Crippen molar-refractivity contribution in [1.82, 2.24) is 4.90 Å². The lowest BCUT2D eigenvalue weighted by Gasteiger charge is -2.10. The first-order valence-corrected chi connectivity index (χ1v) is 6.00. The zero-order chi connectivity index (χ0) is 13.3. The maximum atomic E-state index is 12.0. The van der Waals surface area contributed by atoms with Gasteiger partial charge in [0.25, 0.3) is 11.1 Å². The number of hydrogen-bond acceptors (Lipinski definition) is 4. The van der Waals surface area contributed by atoms with Crippen LogP contribution in [-0.4, -0.2) is 16.0 Å². The van der Waals surface area contributed by atoms with Crippen molar-refractivity contribution in [2.75, 3.05) is 0 Å². The molecule has 1 saturated heterocycles. The summed E-state index contributed by atoms with van der Waals surface area (Å²) in [6.07, 6.45) is 2.92. The molecule has 0 aromatic carbocycles. The molecule has 1 aliphatic heterocycles. The van der Waals surface area contributed by atoms with Gasteiger partial charge in [-0.05, 0) is 36.9 Å². The van der Waals surface area contributed by atoms with Crippen molar-refractivity contribution in [3.05, 3.63) is 53.5 Å². The van der Waals surface area contributed by atoms with Crippen LogP contribution in [0.25, 0.3) is 6.08 Å². The molecular weight excluding hydrogens is 250 g/mol. The zero-order valence-corrected chi connectivity index (χ0v) is 10.6. The highest BCUT2D eigenvalue weighted by Gasteiger charge is 2.36. The quantitative estimate of drug-likeness (QED) is 0.618. The number of aryl methyl sites for hydroxylation is 1. The molecule has 0 aliphatic carbocycles. The molecule has 0 atom stereocenters. The molecule has 1 aliphatic rings. The lowest BCUT2D eigenvalue weighted by molar-refractivity contribution is -0.121. The molecule has 92 valence electrons. The summed E-state index contributed by atoms with van der Waals surface area (Å²) in [5, 5.41) is -0.376. The number of allylic oxidation sites excluding steroid dienone is 1. The summed E-state index contributed by atoms with van der Waals surface area (Å²) in [5.41, 5.74) is 0.275. The Balaban J connectivity index is 2.30. The molecule has 2 heterocycles. The Morgan fingerprint density at radius 2 is 2.17 bits per heavy atom.